The summed E-state index contributed by atoms with van der Waals surface area (Å²) < 4.78 is 6.97. The normalized spacial score (nSPS) is 13.4. The highest BCUT2D eigenvalue weighted by Gasteiger charge is 2.47. The minimum absolute atomic E-state index is 0.0288. The molecule has 0 unspecified atom stereocenters. The van der Waals surface area contributed by atoms with Crippen LogP contribution >= 0.6 is 0 Å². The average Bonchev–Trinajstić information content (AvgIpc) is 3.64. The van der Waals surface area contributed by atoms with E-state index in [1.54, 1.807) is 0 Å². The first kappa shape index (κ1) is 40.0. The second-order valence-electron chi connectivity index (χ2n) is 20.4. The van der Waals surface area contributed by atoms with Gasteiger partial charge >= 0.3 is 6.85 Å². The minimum atomic E-state index is -0.142. The van der Waals surface area contributed by atoms with Crippen molar-refractivity contribution in [1.29, 1.82) is 0 Å². The predicted molar refractivity (Wildman–Crippen MR) is 275 cm³/mol. The van der Waals surface area contributed by atoms with Crippen LogP contribution in [0.5, 0.6) is 0 Å². The molecule has 9 aromatic rings. The van der Waals surface area contributed by atoms with E-state index in [0.29, 0.717) is 0 Å². The first-order valence-corrected chi connectivity index (χ1v) is 22.9. The van der Waals surface area contributed by atoms with E-state index >= 15 is 0 Å². The van der Waals surface area contributed by atoms with E-state index in [2.05, 4.69) is 231 Å². The standard InChI is InChI=1S/C60H55BN2O/c1-36-16-13-17-37(2)54(36)40-20-15-21-45(32-40)62-50-33-41(55-38(3)18-14-19-39(55)4)24-30-48(50)61-58-51(62)35-53-56(46-22-11-12-23-52(46)64-53)57(58)47-34-43(60(8,9)10)27-31-49(47)63(61)44-28-25-42(26-29-44)59(5,6)7/h11-35H,1-10H3. The van der Waals surface area contributed by atoms with Crippen molar-refractivity contribution in [3.8, 4) is 33.4 Å². The molecule has 1 aromatic heterocycles. The highest BCUT2D eigenvalue weighted by Crippen LogP contribution is 2.52. The molecule has 2 aliphatic rings. The van der Waals surface area contributed by atoms with Crippen LogP contribution in [0.25, 0.3) is 55.3 Å². The topological polar surface area (TPSA) is 19.6 Å². The number of fused-ring (bicyclic) bond motifs is 8. The van der Waals surface area contributed by atoms with Gasteiger partial charge in [0.2, 0.25) is 0 Å². The lowest BCUT2D eigenvalue weighted by molar-refractivity contribution is 0.590. The first-order valence-electron chi connectivity index (χ1n) is 22.9. The maximum atomic E-state index is 6.97. The van der Waals surface area contributed by atoms with E-state index in [4.69, 9.17) is 4.42 Å². The Morgan fingerprint density at radius 1 is 0.453 bits per heavy atom. The van der Waals surface area contributed by atoms with E-state index in [9.17, 15) is 0 Å². The van der Waals surface area contributed by atoms with Crippen LogP contribution in [0.15, 0.2) is 156 Å². The number of anilines is 5. The highest BCUT2D eigenvalue weighted by molar-refractivity contribution is 6.94. The van der Waals surface area contributed by atoms with Gasteiger partial charge in [0.25, 0.3) is 0 Å². The van der Waals surface area contributed by atoms with Crippen molar-refractivity contribution in [3.05, 3.63) is 185 Å². The average molecular weight is 831 g/mol. The zero-order valence-electron chi connectivity index (χ0n) is 38.8. The molecule has 2 aliphatic heterocycles. The summed E-state index contributed by atoms with van der Waals surface area (Å²) in [6.07, 6.45) is 0. The van der Waals surface area contributed by atoms with Gasteiger partial charge in [0.05, 0.1) is 0 Å². The Hall–Kier alpha value is -6.78. The number of rotatable bonds is 4. The molecule has 0 N–H and O–H groups in total. The van der Waals surface area contributed by atoms with Crippen LogP contribution in [0.2, 0.25) is 0 Å². The lowest BCUT2D eigenvalue weighted by Gasteiger charge is -2.46. The summed E-state index contributed by atoms with van der Waals surface area (Å²) in [6.45, 7) is 22.6. The number of aryl methyl sites for hydroxylation is 4. The molecule has 0 fully saturated rings. The van der Waals surface area contributed by atoms with Crippen molar-refractivity contribution in [1.82, 2.24) is 0 Å². The minimum Gasteiger partial charge on any atom is -0.456 e. The number of furan rings is 1. The SMILES string of the molecule is Cc1cccc(C)c1-c1cccc(N2c3cc(-c4c(C)cccc4C)ccc3B3c4c2cc2oc5ccccc5c2c4-c2cc(C(C)(C)C)ccc2N3c2ccc(C(C)(C)C)cc2)c1. The molecule has 0 bridgehead atoms. The third-order valence-electron chi connectivity index (χ3n) is 14.1. The Kier molecular flexibility index (Phi) is 8.99. The molecule has 0 saturated heterocycles. The molecule has 64 heavy (non-hydrogen) atoms. The zero-order chi connectivity index (χ0) is 44.4. The molecular formula is C60H55BN2O. The van der Waals surface area contributed by atoms with Gasteiger partial charge in [-0.3, -0.25) is 0 Å². The van der Waals surface area contributed by atoms with Gasteiger partial charge < -0.3 is 14.1 Å². The van der Waals surface area contributed by atoms with Crippen LogP contribution < -0.4 is 20.6 Å². The number of nitrogens with zero attached hydrogens (tertiary/aromatic N) is 2. The molecule has 314 valence electrons. The van der Waals surface area contributed by atoms with E-state index in [0.717, 1.165) is 27.9 Å². The summed E-state index contributed by atoms with van der Waals surface area (Å²) in [4.78, 5) is 5.18. The molecular weight excluding hydrogens is 775 g/mol. The third kappa shape index (κ3) is 6.17. The van der Waals surface area contributed by atoms with Gasteiger partial charge in [-0.1, -0.05) is 139 Å². The quantitative estimate of drug-likeness (QED) is 0.165. The van der Waals surface area contributed by atoms with Crippen molar-refractivity contribution in [2.75, 3.05) is 9.71 Å². The van der Waals surface area contributed by atoms with E-state index in [-0.39, 0.29) is 17.7 Å². The summed E-state index contributed by atoms with van der Waals surface area (Å²) in [6, 6.07) is 57.2. The Bertz CT molecular complexity index is 3320. The molecule has 0 saturated carbocycles. The Labute approximate surface area is 379 Å². The maximum absolute atomic E-state index is 6.97. The van der Waals surface area contributed by atoms with Crippen LogP contribution in [-0.4, -0.2) is 6.85 Å². The van der Waals surface area contributed by atoms with Crippen molar-refractivity contribution >= 4 is 68.1 Å². The van der Waals surface area contributed by atoms with Crippen molar-refractivity contribution in [2.24, 2.45) is 0 Å². The molecule has 3 heterocycles. The van der Waals surface area contributed by atoms with E-state index in [1.165, 1.54) is 100 Å². The number of benzene rings is 8. The fraction of sp³-hybridized carbons (Fsp3) is 0.200. The van der Waals surface area contributed by atoms with E-state index < -0.39 is 0 Å². The summed E-state index contributed by atoms with van der Waals surface area (Å²) in [5.41, 5.74) is 25.3. The molecule has 0 atom stereocenters. The van der Waals surface area contributed by atoms with Crippen LogP contribution in [0, 0.1) is 27.7 Å². The maximum Gasteiger partial charge on any atom is 0.333 e. The third-order valence-corrected chi connectivity index (χ3v) is 14.1. The first-order chi connectivity index (χ1) is 30.7. The Morgan fingerprint density at radius 2 is 1.06 bits per heavy atom. The van der Waals surface area contributed by atoms with Crippen LogP contribution in [0.4, 0.5) is 28.4 Å². The van der Waals surface area contributed by atoms with E-state index in [1.807, 2.05) is 0 Å². The summed E-state index contributed by atoms with van der Waals surface area (Å²) >= 11 is 0. The van der Waals surface area contributed by atoms with Gasteiger partial charge in [0.1, 0.15) is 11.2 Å². The second-order valence-corrected chi connectivity index (χ2v) is 20.4. The monoisotopic (exact) mass is 830 g/mol. The summed E-state index contributed by atoms with van der Waals surface area (Å²) in [7, 11) is 0. The fourth-order valence-corrected chi connectivity index (χ4v) is 10.9. The second kappa shape index (κ2) is 14.4. The predicted octanol–water partition coefficient (Wildman–Crippen LogP) is 15.5. The van der Waals surface area contributed by atoms with Gasteiger partial charge in [-0.05, 0) is 159 Å². The lowest BCUT2D eigenvalue weighted by Crippen LogP contribution is -2.61. The summed E-state index contributed by atoms with van der Waals surface area (Å²) in [5, 5.41) is 2.32. The van der Waals surface area contributed by atoms with Gasteiger partial charge in [-0.2, -0.15) is 0 Å². The molecule has 8 aromatic carbocycles. The molecule has 0 radical (unpaired) electrons. The molecule has 4 heteroatoms. The van der Waals surface area contributed by atoms with Gasteiger partial charge in [0.15, 0.2) is 0 Å². The molecule has 0 amide bonds. The smallest absolute Gasteiger partial charge is 0.333 e. The van der Waals surface area contributed by atoms with Gasteiger partial charge in [0, 0.05) is 50.8 Å². The Morgan fingerprint density at radius 3 is 1.72 bits per heavy atom. The van der Waals surface area contributed by atoms with Crippen molar-refractivity contribution in [3.63, 3.8) is 0 Å². The lowest BCUT2D eigenvalue weighted by atomic mass is 9.43. The van der Waals surface area contributed by atoms with Gasteiger partial charge in [-0.15, -0.1) is 0 Å². The molecule has 0 aliphatic carbocycles. The van der Waals surface area contributed by atoms with Crippen LogP contribution in [0.3, 0.4) is 0 Å². The fourth-order valence-electron chi connectivity index (χ4n) is 10.9. The highest BCUT2D eigenvalue weighted by atomic mass is 16.3. The largest absolute Gasteiger partial charge is 0.456 e. The molecule has 0 spiro atoms. The van der Waals surface area contributed by atoms with Crippen molar-refractivity contribution in [2.45, 2.75) is 80.1 Å². The summed E-state index contributed by atoms with van der Waals surface area (Å²) in [5.74, 6) is 0. The molecule has 3 nitrogen and oxygen atoms in total. The number of hydrogen-bond acceptors (Lipinski definition) is 3. The van der Waals surface area contributed by atoms with Crippen molar-refractivity contribution < 1.29 is 4.42 Å². The van der Waals surface area contributed by atoms with Crippen LogP contribution in [0.1, 0.15) is 74.9 Å². The number of para-hydroxylation sites is 1. The Balaban J connectivity index is 1.29. The zero-order valence-corrected chi connectivity index (χ0v) is 38.8. The van der Waals surface area contributed by atoms with Gasteiger partial charge in [-0.25, -0.2) is 0 Å². The van der Waals surface area contributed by atoms with Crippen LogP contribution in [-0.2, 0) is 10.8 Å². The number of hydrogen-bond donors (Lipinski definition) is 0. The molecule has 11 rings (SSSR count).